The molecule has 0 amide bonds. The zero-order valence-corrected chi connectivity index (χ0v) is 8.33. The summed E-state index contributed by atoms with van der Waals surface area (Å²) in [4.78, 5) is 0. The molecule has 0 aliphatic heterocycles. The first-order valence-electron chi connectivity index (χ1n) is 4.98. The number of hydrogen-bond acceptors (Lipinski definition) is 2. The number of aromatic nitrogens is 2. The minimum absolute atomic E-state index is 0.501. The van der Waals surface area contributed by atoms with Crippen LogP contribution in [0.2, 0.25) is 0 Å². The summed E-state index contributed by atoms with van der Waals surface area (Å²) in [7, 11) is 4.05. The summed E-state index contributed by atoms with van der Waals surface area (Å²) in [5.74, 6) is 0.820. The van der Waals surface area contributed by atoms with Crippen LogP contribution in [-0.4, -0.2) is 16.8 Å². The maximum absolute atomic E-state index is 4.20. The molecule has 1 atom stereocenters. The van der Waals surface area contributed by atoms with E-state index in [4.69, 9.17) is 0 Å². The first-order valence-corrected chi connectivity index (χ1v) is 4.98. The minimum atomic E-state index is 0.501. The van der Waals surface area contributed by atoms with E-state index >= 15 is 0 Å². The van der Waals surface area contributed by atoms with Gasteiger partial charge in [0.05, 0.1) is 11.7 Å². The predicted octanol–water partition coefficient (Wildman–Crippen LogP) is 1.48. The Morgan fingerprint density at radius 3 is 2.77 bits per heavy atom. The predicted molar refractivity (Wildman–Crippen MR) is 52.3 cm³/mol. The van der Waals surface area contributed by atoms with Crippen molar-refractivity contribution in [1.29, 1.82) is 0 Å². The largest absolute Gasteiger partial charge is 0.311 e. The van der Waals surface area contributed by atoms with Crippen LogP contribution in [0.15, 0.2) is 12.3 Å². The molecule has 0 radical (unpaired) electrons. The maximum atomic E-state index is 4.20. The van der Waals surface area contributed by atoms with Gasteiger partial charge in [0.15, 0.2) is 0 Å². The molecule has 2 rings (SSSR count). The van der Waals surface area contributed by atoms with E-state index in [1.54, 1.807) is 0 Å². The highest BCUT2D eigenvalue weighted by molar-refractivity contribution is 5.09. The number of aryl methyl sites for hydroxylation is 1. The molecular weight excluding hydrogens is 162 g/mol. The first kappa shape index (κ1) is 8.75. The summed E-state index contributed by atoms with van der Waals surface area (Å²) in [6.45, 7) is 0. The summed E-state index contributed by atoms with van der Waals surface area (Å²) in [5.41, 5.74) is 1.31. The van der Waals surface area contributed by atoms with Crippen LogP contribution in [0.1, 0.15) is 31.0 Å². The van der Waals surface area contributed by atoms with Crippen LogP contribution < -0.4 is 5.32 Å². The smallest absolute Gasteiger partial charge is 0.0553 e. The Labute approximate surface area is 79.1 Å². The van der Waals surface area contributed by atoms with Crippen molar-refractivity contribution in [2.24, 2.45) is 13.0 Å². The van der Waals surface area contributed by atoms with Crippen molar-refractivity contribution < 1.29 is 0 Å². The minimum Gasteiger partial charge on any atom is -0.311 e. The molecule has 3 nitrogen and oxygen atoms in total. The molecule has 1 heterocycles. The highest BCUT2D eigenvalue weighted by atomic mass is 15.3. The molecule has 1 aromatic heterocycles. The van der Waals surface area contributed by atoms with Crippen molar-refractivity contribution >= 4 is 0 Å². The quantitative estimate of drug-likeness (QED) is 0.761. The average molecular weight is 179 g/mol. The van der Waals surface area contributed by atoms with Gasteiger partial charge in [-0.3, -0.25) is 4.68 Å². The molecule has 0 saturated heterocycles. The molecule has 72 valence electrons. The standard InChI is InChI=1S/C10H17N3/c1-11-10(8-4-3-5-8)9-6-7-12-13(9)2/h6-8,10-11H,3-5H2,1-2H3. The number of hydrogen-bond donors (Lipinski definition) is 1. The topological polar surface area (TPSA) is 29.9 Å². The van der Waals surface area contributed by atoms with Crippen LogP contribution in [0.25, 0.3) is 0 Å². The fourth-order valence-corrected chi connectivity index (χ4v) is 2.09. The van der Waals surface area contributed by atoms with Gasteiger partial charge in [0.1, 0.15) is 0 Å². The van der Waals surface area contributed by atoms with Gasteiger partial charge in [-0.1, -0.05) is 6.42 Å². The second-order valence-corrected chi connectivity index (χ2v) is 3.84. The van der Waals surface area contributed by atoms with Gasteiger partial charge in [0.25, 0.3) is 0 Å². The molecule has 1 fully saturated rings. The molecular formula is C10H17N3. The SMILES string of the molecule is CNC(c1ccnn1C)C1CCC1. The van der Waals surface area contributed by atoms with E-state index in [1.807, 2.05) is 25.0 Å². The third-order valence-corrected chi connectivity index (χ3v) is 3.11. The van der Waals surface area contributed by atoms with Crippen molar-refractivity contribution in [3.05, 3.63) is 18.0 Å². The van der Waals surface area contributed by atoms with Crippen molar-refractivity contribution in [2.45, 2.75) is 25.3 Å². The molecule has 0 bridgehead atoms. The zero-order chi connectivity index (χ0) is 9.26. The molecule has 0 aromatic carbocycles. The van der Waals surface area contributed by atoms with Crippen molar-refractivity contribution in [1.82, 2.24) is 15.1 Å². The normalized spacial score (nSPS) is 19.8. The number of nitrogens with zero attached hydrogens (tertiary/aromatic N) is 2. The third kappa shape index (κ3) is 1.48. The molecule has 0 spiro atoms. The second kappa shape index (κ2) is 3.50. The van der Waals surface area contributed by atoms with E-state index < -0.39 is 0 Å². The molecule has 3 heteroatoms. The molecule has 1 aromatic rings. The number of nitrogens with one attached hydrogen (secondary N) is 1. The van der Waals surface area contributed by atoms with Crippen LogP contribution in [0, 0.1) is 5.92 Å². The van der Waals surface area contributed by atoms with E-state index in [0.29, 0.717) is 6.04 Å². The van der Waals surface area contributed by atoms with E-state index in [1.165, 1.54) is 25.0 Å². The summed E-state index contributed by atoms with van der Waals surface area (Å²) in [6.07, 6.45) is 5.98. The molecule has 1 unspecified atom stereocenters. The van der Waals surface area contributed by atoms with Gasteiger partial charge >= 0.3 is 0 Å². The Hall–Kier alpha value is -0.830. The van der Waals surface area contributed by atoms with Crippen LogP contribution in [0.3, 0.4) is 0 Å². The van der Waals surface area contributed by atoms with E-state index in [2.05, 4.69) is 16.5 Å². The lowest BCUT2D eigenvalue weighted by Crippen LogP contribution is -2.31. The average Bonchev–Trinajstić information content (AvgIpc) is 2.43. The lowest BCUT2D eigenvalue weighted by atomic mass is 9.78. The van der Waals surface area contributed by atoms with Crippen LogP contribution >= 0.6 is 0 Å². The maximum Gasteiger partial charge on any atom is 0.0553 e. The first-order chi connectivity index (χ1) is 6.33. The molecule has 1 aliphatic carbocycles. The van der Waals surface area contributed by atoms with E-state index in [9.17, 15) is 0 Å². The second-order valence-electron chi connectivity index (χ2n) is 3.84. The number of rotatable bonds is 3. The lowest BCUT2D eigenvalue weighted by Gasteiger charge is -2.33. The van der Waals surface area contributed by atoms with Gasteiger partial charge in [-0.25, -0.2) is 0 Å². The summed E-state index contributed by atoms with van der Waals surface area (Å²) in [5, 5.41) is 7.59. The third-order valence-electron chi connectivity index (χ3n) is 3.11. The Balaban J connectivity index is 2.16. The fraction of sp³-hybridized carbons (Fsp3) is 0.700. The monoisotopic (exact) mass is 179 g/mol. The van der Waals surface area contributed by atoms with Gasteiger partial charge in [-0.2, -0.15) is 5.10 Å². The van der Waals surface area contributed by atoms with Crippen LogP contribution in [0.5, 0.6) is 0 Å². The zero-order valence-electron chi connectivity index (χ0n) is 8.33. The Morgan fingerprint density at radius 1 is 1.62 bits per heavy atom. The van der Waals surface area contributed by atoms with Crippen molar-refractivity contribution in [2.75, 3.05) is 7.05 Å². The Morgan fingerprint density at radius 2 is 2.38 bits per heavy atom. The van der Waals surface area contributed by atoms with Gasteiger partial charge in [-0.15, -0.1) is 0 Å². The van der Waals surface area contributed by atoms with Gasteiger partial charge in [0, 0.05) is 13.2 Å². The summed E-state index contributed by atoms with van der Waals surface area (Å²) in [6, 6.07) is 2.61. The molecule has 13 heavy (non-hydrogen) atoms. The van der Waals surface area contributed by atoms with Gasteiger partial charge in [0.2, 0.25) is 0 Å². The van der Waals surface area contributed by atoms with Crippen LogP contribution in [0.4, 0.5) is 0 Å². The van der Waals surface area contributed by atoms with E-state index in [-0.39, 0.29) is 0 Å². The van der Waals surface area contributed by atoms with Crippen LogP contribution in [-0.2, 0) is 7.05 Å². The Bertz CT molecular complexity index is 275. The highest BCUT2D eigenvalue weighted by Gasteiger charge is 2.28. The highest BCUT2D eigenvalue weighted by Crippen LogP contribution is 2.36. The van der Waals surface area contributed by atoms with Crippen molar-refractivity contribution in [3.8, 4) is 0 Å². The molecule has 1 saturated carbocycles. The molecule has 1 N–H and O–H groups in total. The lowest BCUT2D eigenvalue weighted by molar-refractivity contribution is 0.232. The fourth-order valence-electron chi connectivity index (χ4n) is 2.09. The van der Waals surface area contributed by atoms with Gasteiger partial charge in [-0.05, 0) is 31.9 Å². The summed E-state index contributed by atoms with van der Waals surface area (Å²) < 4.78 is 1.97. The van der Waals surface area contributed by atoms with Crippen molar-refractivity contribution in [3.63, 3.8) is 0 Å². The Kier molecular flexibility index (Phi) is 2.36. The van der Waals surface area contributed by atoms with E-state index in [0.717, 1.165) is 5.92 Å². The summed E-state index contributed by atoms with van der Waals surface area (Å²) >= 11 is 0. The molecule has 1 aliphatic rings. The van der Waals surface area contributed by atoms with Gasteiger partial charge < -0.3 is 5.32 Å².